The Kier molecular flexibility index (Phi) is 6.67. The first-order valence-corrected chi connectivity index (χ1v) is 11.1. The summed E-state index contributed by atoms with van der Waals surface area (Å²) in [5, 5.41) is 3.00. The number of nitrogens with one attached hydrogen (secondary N) is 1. The summed E-state index contributed by atoms with van der Waals surface area (Å²) < 4.78 is 27.0. The van der Waals surface area contributed by atoms with Gasteiger partial charge in [0.1, 0.15) is 0 Å². The van der Waals surface area contributed by atoms with Crippen LogP contribution in [0.25, 0.3) is 0 Å². The van der Waals surface area contributed by atoms with Crippen molar-refractivity contribution in [2.45, 2.75) is 37.0 Å². The van der Waals surface area contributed by atoms with Gasteiger partial charge >= 0.3 is 0 Å². The lowest BCUT2D eigenvalue weighted by Crippen LogP contribution is -2.45. The molecular weight excluding hydrogens is 350 g/mol. The third-order valence-electron chi connectivity index (χ3n) is 5.28. The zero-order valence-electron chi connectivity index (χ0n) is 15.3. The van der Waals surface area contributed by atoms with E-state index in [1.807, 2.05) is 0 Å². The highest BCUT2D eigenvalue weighted by Crippen LogP contribution is 2.23. The Bertz CT molecular complexity index is 687. The largest absolute Gasteiger partial charge is 0.356 e. The van der Waals surface area contributed by atoms with E-state index in [-0.39, 0.29) is 18.4 Å². The molecule has 2 saturated heterocycles. The molecule has 1 atom stereocenters. The van der Waals surface area contributed by atoms with E-state index < -0.39 is 10.0 Å². The quantitative estimate of drug-likeness (QED) is 0.732. The number of rotatable bonds is 7. The van der Waals surface area contributed by atoms with Gasteiger partial charge in [-0.05, 0) is 63.9 Å². The standard InChI is InChI=1S/C19H29N3O3S/c23-19(20-11-7-14-21-12-4-5-13-21)17-8-6-15-22(16-17)26(24,25)18-9-2-1-3-10-18/h1-3,9-10,17H,4-8,11-16H2,(H,20,23)/t17-/m1/s1. The number of carbonyl (C=O) groups is 1. The minimum atomic E-state index is -3.52. The minimum Gasteiger partial charge on any atom is -0.356 e. The van der Waals surface area contributed by atoms with E-state index in [1.165, 1.54) is 30.2 Å². The maximum absolute atomic E-state index is 12.8. The number of sulfonamides is 1. The van der Waals surface area contributed by atoms with Crippen LogP contribution >= 0.6 is 0 Å². The summed E-state index contributed by atoms with van der Waals surface area (Å²) in [6, 6.07) is 8.46. The lowest BCUT2D eigenvalue weighted by atomic mass is 9.99. The molecule has 1 aromatic rings. The summed E-state index contributed by atoms with van der Waals surface area (Å²) in [4.78, 5) is 15.2. The molecule has 0 bridgehead atoms. The van der Waals surface area contributed by atoms with Crippen LogP contribution in [0.3, 0.4) is 0 Å². The summed E-state index contributed by atoms with van der Waals surface area (Å²) in [6.07, 6.45) is 4.97. The Balaban J connectivity index is 1.48. The molecule has 2 fully saturated rings. The minimum absolute atomic E-state index is 0.0145. The molecule has 0 radical (unpaired) electrons. The average Bonchev–Trinajstić information content (AvgIpc) is 3.19. The van der Waals surface area contributed by atoms with Crippen molar-refractivity contribution in [3.63, 3.8) is 0 Å². The topological polar surface area (TPSA) is 69.7 Å². The van der Waals surface area contributed by atoms with Gasteiger partial charge in [0.2, 0.25) is 15.9 Å². The Hall–Kier alpha value is -1.44. The summed E-state index contributed by atoms with van der Waals surface area (Å²) >= 11 is 0. The first-order chi connectivity index (χ1) is 12.6. The lowest BCUT2D eigenvalue weighted by molar-refractivity contribution is -0.126. The van der Waals surface area contributed by atoms with Gasteiger partial charge in [0.25, 0.3) is 0 Å². The van der Waals surface area contributed by atoms with Gasteiger partial charge in [0.15, 0.2) is 0 Å². The van der Waals surface area contributed by atoms with Gasteiger partial charge in [-0.1, -0.05) is 18.2 Å². The second kappa shape index (κ2) is 8.97. The normalized spacial score (nSPS) is 22.4. The third kappa shape index (κ3) is 4.84. The first kappa shape index (κ1) is 19.3. The van der Waals surface area contributed by atoms with Gasteiger partial charge in [0.05, 0.1) is 10.8 Å². The highest BCUT2D eigenvalue weighted by molar-refractivity contribution is 7.89. The summed E-state index contributed by atoms with van der Waals surface area (Å²) in [5.41, 5.74) is 0. The number of likely N-dealkylation sites (tertiary alicyclic amines) is 1. The molecule has 1 aromatic carbocycles. The number of hydrogen-bond donors (Lipinski definition) is 1. The molecule has 3 rings (SSSR count). The van der Waals surface area contributed by atoms with E-state index >= 15 is 0 Å². The van der Waals surface area contributed by atoms with E-state index in [4.69, 9.17) is 0 Å². The molecule has 1 N–H and O–H groups in total. The molecule has 0 aliphatic carbocycles. The molecule has 7 heteroatoms. The molecule has 0 unspecified atom stereocenters. The Morgan fingerprint density at radius 2 is 1.81 bits per heavy atom. The molecular formula is C19H29N3O3S. The van der Waals surface area contributed by atoms with E-state index in [1.54, 1.807) is 30.3 Å². The average molecular weight is 380 g/mol. The highest BCUT2D eigenvalue weighted by Gasteiger charge is 2.33. The number of piperidine rings is 1. The number of nitrogens with zero attached hydrogens (tertiary/aromatic N) is 2. The van der Waals surface area contributed by atoms with Crippen molar-refractivity contribution < 1.29 is 13.2 Å². The van der Waals surface area contributed by atoms with Crippen molar-refractivity contribution >= 4 is 15.9 Å². The Morgan fingerprint density at radius 1 is 1.08 bits per heavy atom. The second-order valence-electron chi connectivity index (χ2n) is 7.21. The van der Waals surface area contributed by atoms with E-state index in [0.717, 1.165) is 25.8 Å². The van der Waals surface area contributed by atoms with Crippen LogP contribution in [0.1, 0.15) is 32.1 Å². The van der Waals surface area contributed by atoms with Crippen LogP contribution in [-0.4, -0.2) is 62.8 Å². The molecule has 1 amide bonds. The predicted molar refractivity (Wildman–Crippen MR) is 101 cm³/mol. The monoisotopic (exact) mass is 379 g/mol. The predicted octanol–water partition coefficient (Wildman–Crippen LogP) is 1.69. The highest BCUT2D eigenvalue weighted by atomic mass is 32.2. The molecule has 2 aliphatic heterocycles. The molecule has 6 nitrogen and oxygen atoms in total. The number of benzene rings is 1. The van der Waals surface area contributed by atoms with Gasteiger partial charge in [-0.2, -0.15) is 4.31 Å². The second-order valence-corrected chi connectivity index (χ2v) is 9.15. The Labute approximate surface area is 156 Å². The molecule has 2 heterocycles. The summed E-state index contributed by atoms with van der Waals surface area (Å²) in [6.45, 7) is 4.79. The van der Waals surface area contributed by atoms with Gasteiger partial charge in [-0.25, -0.2) is 8.42 Å². The van der Waals surface area contributed by atoms with Crippen LogP contribution < -0.4 is 5.32 Å². The van der Waals surface area contributed by atoms with Crippen molar-refractivity contribution in [1.82, 2.24) is 14.5 Å². The molecule has 0 saturated carbocycles. The van der Waals surface area contributed by atoms with Crippen molar-refractivity contribution in [3.05, 3.63) is 30.3 Å². The van der Waals surface area contributed by atoms with Crippen LogP contribution in [0.5, 0.6) is 0 Å². The zero-order chi connectivity index (χ0) is 18.4. The fourth-order valence-corrected chi connectivity index (χ4v) is 5.33. The number of amides is 1. The Morgan fingerprint density at radius 3 is 2.54 bits per heavy atom. The van der Waals surface area contributed by atoms with Gasteiger partial charge in [-0.15, -0.1) is 0 Å². The van der Waals surface area contributed by atoms with Crippen molar-refractivity contribution in [1.29, 1.82) is 0 Å². The lowest BCUT2D eigenvalue weighted by Gasteiger charge is -2.31. The van der Waals surface area contributed by atoms with Gasteiger partial charge < -0.3 is 10.2 Å². The maximum atomic E-state index is 12.8. The fraction of sp³-hybridized carbons (Fsp3) is 0.632. The molecule has 0 spiro atoms. The number of hydrogen-bond acceptors (Lipinski definition) is 4. The number of carbonyl (C=O) groups excluding carboxylic acids is 1. The molecule has 2 aliphatic rings. The van der Waals surface area contributed by atoms with E-state index in [2.05, 4.69) is 10.2 Å². The van der Waals surface area contributed by atoms with E-state index in [0.29, 0.717) is 18.0 Å². The zero-order valence-corrected chi connectivity index (χ0v) is 16.1. The van der Waals surface area contributed by atoms with Crippen molar-refractivity contribution in [2.24, 2.45) is 5.92 Å². The van der Waals surface area contributed by atoms with Crippen molar-refractivity contribution in [3.8, 4) is 0 Å². The van der Waals surface area contributed by atoms with E-state index in [9.17, 15) is 13.2 Å². The van der Waals surface area contributed by atoms with Crippen LogP contribution in [0.15, 0.2) is 35.2 Å². The fourth-order valence-electron chi connectivity index (χ4n) is 3.78. The SMILES string of the molecule is O=C(NCCCN1CCCC1)[C@@H]1CCCN(S(=O)(=O)c2ccccc2)C1. The third-order valence-corrected chi connectivity index (χ3v) is 7.16. The van der Waals surface area contributed by atoms with Crippen LogP contribution in [0.4, 0.5) is 0 Å². The van der Waals surface area contributed by atoms with Crippen LogP contribution in [0.2, 0.25) is 0 Å². The van der Waals surface area contributed by atoms with Crippen LogP contribution in [-0.2, 0) is 14.8 Å². The first-order valence-electron chi connectivity index (χ1n) is 9.62. The maximum Gasteiger partial charge on any atom is 0.243 e. The van der Waals surface area contributed by atoms with Gasteiger partial charge in [0, 0.05) is 19.6 Å². The summed E-state index contributed by atoms with van der Waals surface area (Å²) in [5.74, 6) is -0.270. The van der Waals surface area contributed by atoms with Crippen molar-refractivity contribution in [2.75, 3.05) is 39.3 Å². The summed E-state index contributed by atoms with van der Waals surface area (Å²) in [7, 11) is -3.52. The molecule has 144 valence electrons. The molecule has 26 heavy (non-hydrogen) atoms. The van der Waals surface area contributed by atoms with Crippen LogP contribution in [0, 0.1) is 5.92 Å². The molecule has 0 aromatic heterocycles. The van der Waals surface area contributed by atoms with Gasteiger partial charge in [-0.3, -0.25) is 4.79 Å². The smallest absolute Gasteiger partial charge is 0.243 e.